The molecule has 1 aliphatic carbocycles. The zero-order chi connectivity index (χ0) is 14.5. The molecule has 1 aromatic rings. The van der Waals surface area contributed by atoms with Crippen molar-refractivity contribution in [1.29, 1.82) is 0 Å². The second-order valence-corrected chi connectivity index (χ2v) is 6.13. The molecule has 4 nitrogen and oxygen atoms in total. The van der Waals surface area contributed by atoms with Crippen LogP contribution in [0.3, 0.4) is 0 Å². The summed E-state index contributed by atoms with van der Waals surface area (Å²) in [5.74, 6) is 0.796. The number of fused-ring (bicyclic) bond motifs is 1. The van der Waals surface area contributed by atoms with E-state index in [1.54, 1.807) is 4.90 Å². The van der Waals surface area contributed by atoms with Gasteiger partial charge in [0.2, 0.25) is 0 Å². The Bertz CT molecular complexity index is 496. The van der Waals surface area contributed by atoms with Crippen molar-refractivity contribution in [2.24, 2.45) is 0 Å². The lowest BCUT2D eigenvalue weighted by Crippen LogP contribution is -3.10. The molecule has 0 atom stereocenters. The van der Waals surface area contributed by atoms with E-state index in [4.69, 9.17) is 4.74 Å². The third-order valence-electron chi connectivity index (χ3n) is 4.55. The first kappa shape index (κ1) is 14.4. The molecular weight excluding hydrogens is 264 g/mol. The monoisotopic (exact) mass is 289 g/mol. The number of amides is 1. The van der Waals surface area contributed by atoms with E-state index in [1.807, 2.05) is 6.07 Å². The minimum atomic E-state index is -0.0194. The van der Waals surface area contributed by atoms with Gasteiger partial charge in [0, 0.05) is 12.8 Å². The van der Waals surface area contributed by atoms with Crippen molar-refractivity contribution in [3.8, 4) is 5.75 Å². The summed E-state index contributed by atoms with van der Waals surface area (Å²) in [6, 6.07) is 6.20. The number of ether oxygens (including phenoxy) is 1. The average Bonchev–Trinajstić information content (AvgIpc) is 3.15. The lowest BCUT2D eigenvalue weighted by Gasteiger charge is -2.13. The van der Waals surface area contributed by atoms with E-state index < -0.39 is 0 Å². The van der Waals surface area contributed by atoms with Crippen LogP contribution in [0.1, 0.15) is 30.4 Å². The summed E-state index contributed by atoms with van der Waals surface area (Å²) in [5, 5.41) is 2.95. The quantitative estimate of drug-likeness (QED) is 0.793. The Morgan fingerprint density at radius 3 is 2.81 bits per heavy atom. The van der Waals surface area contributed by atoms with Gasteiger partial charge in [-0.2, -0.15) is 0 Å². The van der Waals surface area contributed by atoms with E-state index in [9.17, 15) is 4.79 Å². The van der Waals surface area contributed by atoms with Gasteiger partial charge >= 0.3 is 0 Å². The molecule has 3 rings (SSSR count). The van der Waals surface area contributed by atoms with E-state index >= 15 is 0 Å². The smallest absolute Gasteiger partial charge is 0.258 e. The molecule has 2 aliphatic rings. The van der Waals surface area contributed by atoms with Crippen LogP contribution in [0.4, 0.5) is 0 Å². The summed E-state index contributed by atoms with van der Waals surface area (Å²) in [4.78, 5) is 13.4. The van der Waals surface area contributed by atoms with Gasteiger partial charge in [0.1, 0.15) is 5.75 Å². The van der Waals surface area contributed by atoms with Crippen molar-refractivity contribution in [3.63, 3.8) is 0 Å². The van der Waals surface area contributed by atoms with Crippen LogP contribution in [-0.2, 0) is 17.6 Å². The number of likely N-dealkylation sites (tertiary alicyclic amines) is 1. The van der Waals surface area contributed by atoms with Crippen LogP contribution in [0, 0.1) is 0 Å². The molecule has 1 amide bonds. The molecule has 0 bridgehead atoms. The number of hydrogen-bond donors (Lipinski definition) is 2. The lowest BCUT2D eigenvalue weighted by molar-refractivity contribution is -0.886. The van der Waals surface area contributed by atoms with Crippen molar-refractivity contribution >= 4 is 5.91 Å². The number of benzene rings is 1. The van der Waals surface area contributed by atoms with E-state index in [-0.39, 0.29) is 12.5 Å². The maximum Gasteiger partial charge on any atom is 0.258 e. The van der Waals surface area contributed by atoms with Gasteiger partial charge in [0.05, 0.1) is 26.2 Å². The second-order valence-electron chi connectivity index (χ2n) is 6.13. The Balaban J connectivity index is 1.37. The molecule has 1 heterocycles. The maximum atomic E-state index is 11.8. The van der Waals surface area contributed by atoms with Crippen molar-refractivity contribution in [2.75, 3.05) is 32.8 Å². The van der Waals surface area contributed by atoms with E-state index in [2.05, 4.69) is 17.4 Å². The van der Waals surface area contributed by atoms with Crippen molar-refractivity contribution in [2.45, 2.75) is 32.1 Å². The molecule has 114 valence electrons. The molecule has 0 unspecified atom stereocenters. The van der Waals surface area contributed by atoms with Gasteiger partial charge in [0.15, 0.2) is 6.61 Å². The molecule has 1 aliphatic heterocycles. The first-order valence-corrected chi connectivity index (χ1v) is 8.16. The first-order valence-electron chi connectivity index (χ1n) is 8.16. The third-order valence-corrected chi connectivity index (χ3v) is 4.55. The largest absolute Gasteiger partial charge is 0.484 e. The number of carbonyl (C=O) groups is 1. The minimum Gasteiger partial charge on any atom is -0.484 e. The predicted octanol–water partition coefficient (Wildman–Crippen LogP) is 0.349. The van der Waals surface area contributed by atoms with Crippen LogP contribution in [0.5, 0.6) is 5.75 Å². The fraction of sp³-hybridized carbons (Fsp3) is 0.588. The fourth-order valence-corrected chi connectivity index (χ4v) is 3.34. The van der Waals surface area contributed by atoms with Gasteiger partial charge in [-0.05, 0) is 42.5 Å². The fourth-order valence-electron chi connectivity index (χ4n) is 3.34. The SMILES string of the molecule is O=C(COc1ccc2c(c1)CCC2)NCC[NH+]1CCCC1. The highest BCUT2D eigenvalue weighted by Crippen LogP contribution is 2.25. The second kappa shape index (κ2) is 6.94. The van der Waals surface area contributed by atoms with Gasteiger partial charge < -0.3 is 15.0 Å². The molecule has 1 fully saturated rings. The molecule has 21 heavy (non-hydrogen) atoms. The Hall–Kier alpha value is -1.55. The lowest BCUT2D eigenvalue weighted by atomic mass is 10.1. The molecule has 1 aromatic carbocycles. The standard InChI is InChI=1S/C17H24N2O2/c20-17(18-8-11-19-9-1-2-10-19)13-21-16-7-6-14-4-3-5-15(14)12-16/h6-7,12H,1-5,8-11,13H2,(H,18,20)/p+1. The molecule has 2 N–H and O–H groups in total. The van der Waals surface area contributed by atoms with Crippen LogP contribution >= 0.6 is 0 Å². The zero-order valence-electron chi connectivity index (χ0n) is 12.6. The number of nitrogens with one attached hydrogen (secondary N) is 2. The van der Waals surface area contributed by atoms with Crippen LogP contribution in [0.2, 0.25) is 0 Å². The van der Waals surface area contributed by atoms with E-state index in [0.29, 0.717) is 0 Å². The summed E-state index contributed by atoms with van der Waals surface area (Å²) in [6.07, 6.45) is 6.19. The molecule has 0 saturated carbocycles. The Morgan fingerprint density at radius 1 is 1.14 bits per heavy atom. The van der Waals surface area contributed by atoms with Gasteiger partial charge in [-0.1, -0.05) is 6.07 Å². The first-order chi connectivity index (χ1) is 10.3. The molecule has 0 aromatic heterocycles. The van der Waals surface area contributed by atoms with Crippen LogP contribution in [-0.4, -0.2) is 38.7 Å². The van der Waals surface area contributed by atoms with Crippen LogP contribution in [0.15, 0.2) is 18.2 Å². The summed E-state index contributed by atoms with van der Waals surface area (Å²) >= 11 is 0. The predicted molar refractivity (Wildman–Crippen MR) is 81.8 cm³/mol. The average molecular weight is 289 g/mol. The zero-order valence-corrected chi connectivity index (χ0v) is 12.6. The summed E-state index contributed by atoms with van der Waals surface area (Å²) < 4.78 is 5.60. The van der Waals surface area contributed by atoms with Gasteiger partial charge in [-0.15, -0.1) is 0 Å². The normalized spacial score (nSPS) is 17.7. The number of aryl methyl sites for hydroxylation is 2. The van der Waals surface area contributed by atoms with Crippen molar-refractivity contribution < 1.29 is 14.4 Å². The number of quaternary nitrogens is 1. The van der Waals surface area contributed by atoms with E-state index in [0.717, 1.165) is 25.3 Å². The highest BCUT2D eigenvalue weighted by atomic mass is 16.5. The highest BCUT2D eigenvalue weighted by molar-refractivity contribution is 5.77. The molecular formula is C17H25N2O2+. The third kappa shape index (κ3) is 3.97. The minimum absolute atomic E-state index is 0.0194. The summed E-state index contributed by atoms with van der Waals surface area (Å²) in [5.41, 5.74) is 2.81. The Morgan fingerprint density at radius 2 is 1.95 bits per heavy atom. The number of hydrogen-bond acceptors (Lipinski definition) is 2. The van der Waals surface area contributed by atoms with Gasteiger partial charge in [-0.3, -0.25) is 4.79 Å². The molecule has 0 spiro atoms. The maximum absolute atomic E-state index is 11.8. The number of rotatable bonds is 6. The van der Waals surface area contributed by atoms with Gasteiger partial charge in [0.25, 0.3) is 5.91 Å². The van der Waals surface area contributed by atoms with Crippen LogP contribution in [0.25, 0.3) is 0 Å². The summed E-state index contributed by atoms with van der Waals surface area (Å²) in [7, 11) is 0. The van der Waals surface area contributed by atoms with Crippen molar-refractivity contribution in [1.82, 2.24) is 5.32 Å². The van der Waals surface area contributed by atoms with Gasteiger partial charge in [-0.25, -0.2) is 0 Å². The van der Waals surface area contributed by atoms with Crippen LogP contribution < -0.4 is 15.0 Å². The van der Waals surface area contributed by atoms with Crippen molar-refractivity contribution in [3.05, 3.63) is 29.3 Å². The Kier molecular flexibility index (Phi) is 4.76. The number of carbonyl (C=O) groups excluding carboxylic acids is 1. The highest BCUT2D eigenvalue weighted by Gasteiger charge is 2.15. The molecule has 0 radical (unpaired) electrons. The molecule has 1 saturated heterocycles. The van der Waals surface area contributed by atoms with E-state index in [1.165, 1.54) is 49.9 Å². The molecule has 4 heteroatoms. The Labute approximate surface area is 126 Å². The topological polar surface area (TPSA) is 42.8 Å². The summed E-state index contributed by atoms with van der Waals surface area (Å²) in [6.45, 7) is 4.41.